The molecule has 0 aromatic heterocycles. The van der Waals surface area contributed by atoms with Gasteiger partial charge < -0.3 is 14.6 Å². The van der Waals surface area contributed by atoms with E-state index in [1.165, 1.54) is 0 Å². The molecule has 1 N–H and O–H groups in total. The van der Waals surface area contributed by atoms with Gasteiger partial charge >= 0.3 is 11.7 Å². The Balaban J connectivity index is 3.26. The highest BCUT2D eigenvalue weighted by molar-refractivity contribution is 5.91. The van der Waals surface area contributed by atoms with E-state index in [9.17, 15) is 20.0 Å². The molecule has 0 fully saturated rings. The minimum absolute atomic E-state index is 0.0198. The van der Waals surface area contributed by atoms with Gasteiger partial charge in [-0.15, -0.1) is 0 Å². The van der Waals surface area contributed by atoms with Crippen LogP contribution < -0.4 is 4.74 Å². The SMILES string of the molecule is C=C(C)COc1c(O)cc(C(=O)OC)cc1[N+](=O)[O-]. The van der Waals surface area contributed by atoms with Crippen LogP contribution in [-0.4, -0.2) is 29.7 Å². The molecule has 0 atom stereocenters. The van der Waals surface area contributed by atoms with Gasteiger partial charge in [-0.2, -0.15) is 0 Å². The first-order valence-electron chi connectivity index (χ1n) is 5.23. The number of methoxy groups -OCH3 is 1. The number of benzene rings is 1. The van der Waals surface area contributed by atoms with Gasteiger partial charge in [0.1, 0.15) is 6.61 Å². The Kier molecular flexibility index (Phi) is 4.46. The first-order valence-corrected chi connectivity index (χ1v) is 5.23. The highest BCUT2D eigenvalue weighted by Crippen LogP contribution is 2.37. The van der Waals surface area contributed by atoms with Gasteiger partial charge in [0, 0.05) is 6.07 Å². The fraction of sp³-hybridized carbons (Fsp3) is 0.250. The number of phenolic OH excluding ortho intramolecular Hbond substituents is 1. The van der Waals surface area contributed by atoms with E-state index in [0.29, 0.717) is 5.57 Å². The van der Waals surface area contributed by atoms with Gasteiger partial charge in [-0.05, 0) is 18.6 Å². The lowest BCUT2D eigenvalue weighted by Crippen LogP contribution is -2.05. The summed E-state index contributed by atoms with van der Waals surface area (Å²) in [4.78, 5) is 21.5. The average Bonchev–Trinajstić information content (AvgIpc) is 2.35. The summed E-state index contributed by atoms with van der Waals surface area (Å²) in [6, 6.07) is 2.03. The third-order valence-corrected chi connectivity index (χ3v) is 2.13. The topological polar surface area (TPSA) is 98.9 Å². The van der Waals surface area contributed by atoms with E-state index in [1.54, 1.807) is 6.92 Å². The lowest BCUT2D eigenvalue weighted by atomic mass is 10.1. The molecule has 0 unspecified atom stereocenters. The number of hydrogen-bond acceptors (Lipinski definition) is 6. The second-order valence-corrected chi connectivity index (χ2v) is 3.84. The van der Waals surface area contributed by atoms with Crippen molar-refractivity contribution < 1.29 is 24.3 Å². The third-order valence-electron chi connectivity index (χ3n) is 2.13. The number of nitro benzene ring substituents is 1. The van der Waals surface area contributed by atoms with E-state index in [2.05, 4.69) is 11.3 Å². The van der Waals surface area contributed by atoms with Crippen LogP contribution in [0.4, 0.5) is 5.69 Å². The molecule has 7 heteroatoms. The minimum Gasteiger partial charge on any atom is -0.504 e. The number of carbonyl (C=O) groups is 1. The van der Waals surface area contributed by atoms with Crippen LogP contribution in [0.1, 0.15) is 17.3 Å². The molecule has 0 saturated carbocycles. The predicted molar refractivity (Wildman–Crippen MR) is 66.4 cm³/mol. The van der Waals surface area contributed by atoms with E-state index < -0.39 is 22.3 Å². The Morgan fingerprint density at radius 1 is 1.53 bits per heavy atom. The van der Waals surface area contributed by atoms with Crippen LogP contribution in [0.5, 0.6) is 11.5 Å². The number of aromatic hydroxyl groups is 1. The summed E-state index contributed by atoms with van der Waals surface area (Å²) < 4.78 is 9.55. The summed E-state index contributed by atoms with van der Waals surface area (Å²) in [5.74, 6) is -1.60. The molecule has 0 aliphatic rings. The van der Waals surface area contributed by atoms with Gasteiger partial charge in [0.15, 0.2) is 5.75 Å². The number of rotatable bonds is 5. The number of nitro groups is 1. The van der Waals surface area contributed by atoms with Crippen molar-refractivity contribution in [1.82, 2.24) is 0 Å². The van der Waals surface area contributed by atoms with Crippen molar-refractivity contribution in [3.63, 3.8) is 0 Å². The van der Waals surface area contributed by atoms with Gasteiger partial charge in [0.2, 0.25) is 5.75 Å². The second-order valence-electron chi connectivity index (χ2n) is 3.84. The highest BCUT2D eigenvalue weighted by atomic mass is 16.6. The number of carbonyl (C=O) groups excluding carboxylic acids is 1. The van der Waals surface area contributed by atoms with Crippen LogP contribution in [0.2, 0.25) is 0 Å². The van der Waals surface area contributed by atoms with E-state index in [4.69, 9.17) is 4.74 Å². The van der Waals surface area contributed by atoms with E-state index in [1.807, 2.05) is 0 Å². The molecule has 0 spiro atoms. The molecular weight excluding hydrogens is 254 g/mol. The van der Waals surface area contributed by atoms with Gasteiger partial charge in [0.25, 0.3) is 0 Å². The summed E-state index contributed by atoms with van der Waals surface area (Å²) in [5, 5.41) is 20.6. The van der Waals surface area contributed by atoms with Crippen molar-refractivity contribution in [2.75, 3.05) is 13.7 Å². The molecule has 1 aromatic carbocycles. The van der Waals surface area contributed by atoms with Crippen LogP contribution in [0.15, 0.2) is 24.3 Å². The fourth-order valence-electron chi connectivity index (χ4n) is 1.31. The van der Waals surface area contributed by atoms with E-state index >= 15 is 0 Å². The van der Waals surface area contributed by atoms with E-state index in [0.717, 1.165) is 19.2 Å². The first kappa shape index (κ1) is 14.5. The van der Waals surface area contributed by atoms with Crippen molar-refractivity contribution in [3.8, 4) is 11.5 Å². The zero-order valence-corrected chi connectivity index (χ0v) is 10.5. The Morgan fingerprint density at radius 3 is 2.63 bits per heavy atom. The zero-order chi connectivity index (χ0) is 14.6. The van der Waals surface area contributed by atoms with Crippen molar-refractivity contribution in [2.24, 2.45) is 0 Å². The van der Waals surface area contributed by atoms with Crippen molar-refractivity contribution in [2.45, 2.75) is 6.92 Å². The van der Waals surface area contributed by atoms with Crippen LogP contribution >= 0.6 is 0 Å². The quantitative estimate of drug-likeness (QED) is 0.379. The zero-order valence-electron chi connectivity index (χ0n) is 10.5. The molecule has 102 valence electrons. The summed E-state index contributed by atoms with van der Waals surface area (Å²) in [7, 11) is 1.14. The van der Waals surface area contributed by atoms with Crippen molar-refractivity contribution in [3.05, 3.63) is 40.0 Å². The molecule has 7 nitrogen and oxygen atoms in total. The normalized spacial score (nSPS) is 9.79. The monoisotopic (exact) mass is 267 g/mol. The molecule has 0 aliphatic carbocycles. The fourth-order valence-corrected chi connectivity index (χ4v) is 1.31. The third kappa shape index (κ3) is 3.44. The van der Waals surface area contributed by atoms with Crippen molar-refractivity contribution >= 4 is 11.7 Å². The van der Waals surface area contributed by atoms with Crippen LogP contribution in [0.25, 0.3) is 0 Å². The van der Waals surface area contributed by atoms with Crippen LogP contribution in [0, 0.1) is 10.1 Å². The Hall–Kier alpha value is -2.57. The first-order chi connectivity index (χ1) is 8.86. The predicted octanol–water partition coefficient (Wildman–Crippen LogP) is 2.04. The lowest BCUT2D eigenvalue weighted by molar-refractivity contribution is -0.385. The molecule has 1 aromatic rings. The Morgan fingerprint density at radius 2 is 2.16 bits per heavy atom. The molecule has 1 rings (SSSR count). The molecule has 0 saturated heterocycles. The summed E-state index contributed by atoms with van der Waals surface area (Å²) in [6.07, 6.45) is 0. The Bertz CT molecular complexity index is 537. The number of phenols is 1. The molecule has 0 bridgehead atoms. The van der Waals surface area contributed by atoms with Crippen LogP contribution in [0.3, 0.4) is 0 Å². The maximum atomic E-state index is 11.3. The van der Waals surface area contributed by atoms with E-state index in [-0.39, 0.29) is 17.9 Å². The van der Waals surface area contributed by atoms with Gasteiger partial charge in [-0.25, -0.2) is 4.79 Å². The molecular formula is C12H13NO6. The summed E-state index contributed by atoms with van der Waals surface area (Å²) in [5.41, 5.74) is -0.0123. The molecule has 19 heavy (non-hydrogen) atoms. The number of nitrogens with zero attached hydrogens (tertiary/aromatic N) is 1. The number of hydrogen-bond donors (Lipinski definition) is 1. The van der Waals surface area contributed by atoms with Gasteiger partial charge in [0.05, 0.1) is 17.6 Å². The molecule has 0 radical (unpaired) electrons. The largest absolute Gasteiger partial charge is 0.504 e. The average molecular weight is 267 g/mol. The van der Waals surface area contributed by atoms with Crippen LogP contribution in [-0.2, 0) is 4.74 Å². The lowest BCUT2D eigenvalue weighted by Gasteiger charge is -2.09. The molecule has 0 amide bonds. The standard InChI is InChI=1S/C12H13NO6/c1-7(2)6-19-11-9(13(16)17)4-8(5-10(11)14)12(15)18-3/h4-5,14H,1,6H2,2-3H3. The summed E-state index contributed by atoms with van der Waals surface area (Å²) in [6.45, 7) is 5.27. The smallest absolute Gasteiger partial charge is 0.338 e. The maximum Gasteiger partial charge on any atom is 0.338 e. The Labute approximate surface area is 109 Å². The molecule has 0 heterocycles. The minimum atomic E-state index is -0.787. The van der Waals surface area contributed by atoms with Gasteiger partial charge in [-0.1, -0.05) is 6.58 Å². The number of esters is 1. The summed E-state index contributed by atoms with van der Waals surface area (Å²) >= 11 is 0. The highest BCUT2D eigenvalue weighted by Gasteiger charge is 2.24. The second kappa shape index (κ2) is 5.85. The number of ether oxygens (including phenoxy) is 2. The van der Waals surface area contributed by atoms with Gasteiger partial charge in [-0.3, -0.25) is 10.1 Å². The maximum absolute atomic E-state index is 11.3. The van der Waals surface area contributed by atoms with Crippen molar-refractivity contribution in [1.29, 1.82) is 0 Å². The molecule has 0 aliphatic heterocycles.